The first-order valence-electron chi connectivity index (χ1n) is 9.24. The molecule has 3 aromatic rings. The predicted octanol–water partition coefficient (Wildman–Crippen LogP) is 4.68. The van der Waals surface area contributed by atoms with Gasteiger partial charge in [-0.25, -0.2) is 0 Å². The van der Waals surface area contributed by atoms with Gasteiger partial charge < -0.3 is 5.32 Å². The molecule has 144 valence electrons. The topological polar surface area (TPSA) is 63.2 Å². The third-order valence-corrected chi connectivity index (χ3v) is 4.45. The zero-order valence-electron chi connectivity index (χ0n) is 16.3. The molecule has 0 aliphatic heterocycles. The van der Waals surface area contributed by atoms with Gasteiger partial charge in [0.25, 0.3) is 5.91 Å². The molecule has 0 atom stereocenters. The molecule has 0 saturated heterocycles. The van der Waals surface area contributed by atoms with Crippen LogP contribution >= 0.6 is 0 Å². The molecular formula is C25H21NO3. The Labute approximate surface area is 169 Å². The highest BCUT2D eigenvalue weighted by Crippen LogP contribution is 2.12. The number of allylic oxidation sites excluding steroid dienone is 2. The molecule has 0 aliphatic rings. The molecule has 4 nitrogen and oxygen atoms in total. The molecule has 0 radical (unpaired) electrons. The number of ketones is 2. The van der Waals surface area contributed by atoms with Crippen LogP contribution in [0.5, 0.6) is 0 Å². The van der Waals surface area contributed by atoms with Crippen LogP contribution in [0.2, 0.25) is 0 Å². The van der Waals surface area contributed by atoms with Crippen LogP contribution in [-0.4, -0.2) is 17.5 Å². The fraction of sp³-hybridized carbons (Fsp3) is 0.0800. The number of Topliss-reactive ketones (excluding diaryl/α,β-unsaturated/α-hetero) is 1. The monoisotopic (exact) mass is 383 g/mol. The third kappa shape index (κ3) is 5.14. The van der Waals surface area contributed by atoms with Gasteiger partial charge in [0, 0.05) is 22.8 Å². The molecule has 0 unspecified atom stereocenters. The molecule has 3 rings (SSSR count). The third-order valence-electron chi connectivity index (χ3n) is 4.45. The molecule has 0 saturated carbocycles. The summed E-state index contributed by atoms with van der Waals surface area (Å²) in [6.07, 6.45) is 1.19. The normalized spacial score (nSPS) is 11.0. The van der Waals surface area contributed by atoms with Crippen molar-refractivity contribution in [3.63, 3.8) is 0 Å². The molecule has 3 aromatic carbocycles. The number of carbonyl (C=O) groups excluding carboxylic acids is 3. The molecule has 0 aliphatic carbocycles. The van der Waals surface area contributed by atoms with Crippen molar-refractivity contribution in [2.45, 2.75) is 13.8 Å². The number of benzene rings is 3. The van der Waals surface area contributed by atoms with Gasteiger partial charge in [-0.3, -0.25) is 14.4 Å². The molecule has 0 spiro atoms. The van der Waals surface area contributed by atoms with Crippen molar-refractivity contribution in [3.05, 3.63) is 118 Å². The largest absolute Gasteiger partial charge is 0.319 e. The van der Waals surface area contributed by atoms with Crippen LogP contribution in [0.4, 0.5) is 0 Å². The van der Waals surface area contributed by atoms with Gasteiger partial charge in [0.2, 0.25) is 5.78 Å². The number of amides is 1. The maximum Gasteiger partial charge on any atom is 0.255 e. The highest BCUT2D eigenvalue weighted by molar-refractivity contribution is 6.17. The summed E-state index contributed by atoms with van der Waals surface area (Å²) in [5.41, 5.74) is 3.21. The van der Waals surface area contributed by atoms with Gasteiger partial charge >= 0.3 is 0 Å². The summed E-state index contributed by atoms with van der Waals surface area (Å²) in [5.74, 6) is -1.22. The maximum atomic E-state index is 13.0. The summed E-state index contributed by atoms with van der Waals surface area (Å²) in [5, 5.41) is 2.61. The lowest BCUT2D eigenvalue weighted by Gasteiger charge is -2.10. The second-order valence-corrected chi connectivity index (χ2v) is 6.80. The second kappa shape index (κ2) is 8.93. The number of aryl methyl sites for hydroxylation is 2. The van der Waals surface area contributed by atoms with Crippen molar-refractivity contribution >= 4 is 17.5 Å². The van der Waals surface area contributed by atoms with Crippen LogP contribution in [-0.2, 0) is 0 Å². The molecule has 0 bridgehead atoms. The highest BCUT2D eigenvalue weighted by atomic mass is 16.2. The summed E-state index contributed by atoms with van der Waals surface area (Å²) < 4.78 is 0. The minimum atomic E-state index is -0.450. The van der Waals surface area contributed by atoms with Gasteiger partial charge in [0.15, 0.2) is 5.78 Å². The van der Waals surface area contributed by atoms with E-state index in [4.69, 9.17) is 0 Å². The standard InChI is InChI=1S/C25H21NO3/c1-17-8-12-19(13-9-17)23(27)16-22(24(28)20-14-10-18(2)11-15-20)26-25(29)21-6-4-3-5-7-21/h3-16H,1-2H3,(H,26,29)/b22-16-. The Morgan fingerprint density at radius 1 is 0.655 bits per heavy atom. The molecule has 4 heteroatoms. The lowest BCUT2D eigenvalue weighted by Crippen LogP contribution is -2.28. The lowest BCUT2D eigenvalue weighted by atomic mass is 10.0. The fourth-order valence-corrected chi connectivity index (χ4v) is 2.74. The van der Waals surface area contributed by atoms with Gasteiger partial charge in [0.05, 0.1) is 5.70 Å². The SMILES string of the molecule is Cc1ccc(C(=O)/C=C(\NC(=O)c2ccccc2)C(=O)c2ccc(C)cc2)cc1. The van der Waals surface area contributed by atoms with Gasteiger partial charge in [0.1, 0.15) is 0 Å². The fourth-order valence-electron chi connectivity index (χ4n) is 2.74. The van der Waals surface area contributed by atoms with Crippen molar-refractivity contribution in [1.82, 2.24) is 5.32 Å². The van der Waals surface area contributed by atoms with Crippen LogP contribution in [0.25, 0.3) is 0 Å². The number of hydrogen-bond acceptors (Lipinski definition) is 3. The zero-order valence-corrected chi connectivity index (χ0v) is 16.3. The molecule has 1 N–H and O–H groups in total. The molecule has 0 heterocycles. The Bertz CT molecular complexity index is 1060. The summed E-state index contributed by atoms with van der Waals surface area (Å²) in [6.45, 7) is 3.85. The van der Waals surface area contributed by atoms with E-state index in [1.54, 1.807) is 54.6 Å². The number of hydrogen-bond donors (Lipinski definition) is 1. The molecular weight excluding hydrogens is 362 g/mol. The van der Waals surface area contributed by atoms with Gasteiger partial charge in [-0.1, -0.05) is 77.9 Å². The Kier molecular flexibility index (Phi) is 6.15. The van der Waals surface area contributed by atoms with E-state index < -0.39 is 11.7 Å². The van der Waals surface area contributed by atoms with Crippen LogP contribution < -0.4 is 5.32 Å². The minimum Gasteiger partial charge on any atom is -0.319 e. The first-order chi connectivity index (χ1) is 13.9. The van der Waals surface area contributed by atoms with Gasteiger partial charge in [-0.05, 0) is 26.0 Å². The smallest absolute Gasteiger partial charge is 0.255 e. The first-order valence-corrected chi connectivity index (χ1v) is 9.24. The van der Waals surface area contributed by atoms with E-state index >= 15 is 0 Å². The maximum absolute atomic E-state index is 13.0. The van der Waals surface area contributed by atoms with E-state index in [-0.39, 0.29) is 11.5 Å². The van der Waals surface area contributed by atoms with E-state index in [1.165, 1.54) is 6.08 Å². The Hall–Kier alpha value is -3.79. The second-order valence-electron chi connectivity index (χ2n) is 6.80. The van der Waals surface area contributed by atoms with Crippen molar-refractivity contribution < 1.29 is 14.4 Å². The molecule has 29 heavy (non-hydrogen) atoms. The van der Waals surface area contributed by atoms with Crippen molar-refractivity contribution in [1.29, 1.82) is 0 Å². The highest BCUT2D eigenvalue weighted by Gasteiger charge is 2.18. The Balaban J connectivity index is 1.94. The van der Waals surface area contributed by atoms with Crippen molar-refractivity contribution in [2.75, 3.05) is 0 Å². The summed E-state index contributed by atoms with van der Waals surface area (Å²) >= 11 is 0. The van der Waals surface area contributed by atoms with E-state index in [2.05, 4.69) is 5.32 Å². The number of carbonyl (C=O) groups is 3. The Morgan fingerprint density at radius 3 is 1.72 bits per heavy atom. The van der Waals surface area contributed by atoms with E-state index in [0.29, 0.717) is 16.7 Å². The van der Waals surface area contributed by atoms with E-state index in [0.717, 1.165) is 11.1 Å². The summed E-state index contributed by atoms with van der Waals surface area (Å²) in [6, 6.07) is 22.6. The molecule has 0 fully saturated rings. The molecule has 0 aromatic heterocycles. The average Bonchev–Trinajstić information content (AvgIpc) is 2.74. The summed E-state index contributed by atoms with van der Waals surface area (Å²) in [7, 11) is 0. The average molecular weight is 383 g/mol. The van der Waals surface area contributed by atoms with Crippen molar-refractivity contribution in [3.8, 4) is 0 Å². The minimum absolute atomic E-state index is 0.0618. The van der Waals surface area contributed by atoms with Crippen LogP contribution in [0.15, 0.2) is 90.6 Å². The predicted molar refractivity (Wildman–Crippen MR) is 113 cm³/mol. The quantitative estimate of drug-likeness (QED) is 0.496. The number of nitrogens with one attached hydrogen (secondary N) is 1. The Morgan fingerprint density at radius 2 is 1.17 bits per heavy atom. The summed E-state index contributed by atoms with van der Waals surface area (Å²) in [4.78, 5) is 38.3. The van der Waals surface area contributed by atoms with E-state index in [1.807, 2.05) is 38.1 Å². The first kappa shape index (κ1) is 20.0. The van der Waals surface area contributed by atoms with Crippen LogP contribution in [0.1, 0.15) is 42.2 Å². The van der Waals surface area contributed by atoms with Crippen molar-refractivity contribution in [2.24, 2.45) is 0 Å². The van der Waals surface area contributed by atoms with Crippen LogP contribution in [0.3, 0.4) is 0 Å². The molecule has 1 amide bonds. The van der Waals surface area contributed by atoms with Gasteiger partial charge in [-0.15, -0.1) is 0 Å². The van der Waals surface area contributed by atoms with Crippen LogP contribution in [0, 0.1) is 13.8 Å². The van der Waals surface area contributed by atoms with Gasteiger partial charge in [-0.2, -0.15) is 0 Å². The lowest BCUT2D eigenvalue weighted by molar-refractivity contribution is 0.0930. The number of rotatable bonds is 6. The van der Waals surface area contributed by atoms with E-state index in [9.17, 15) is 14.4 Å². The zero-order chi connectivity index (χ0) is 20.8.